The summed E-state index contributed by atoms with van der Waals surface area (Å²) < 4.78 is 5.54. The molecule has 1 aliphatic heterocycles. The van der Waals surface area contributed by atoms with Gasteiger partial charge in [-0.2, -0.15) is 0 Å². The van der Waals surface area contributed by atoms with E-state index in [-0.39, 0.29) is 5.92 Å². The van der Waals surface area contributed by atoms with E-state index in [1.165, 1.54) is 24.0 Å². The fourth-order valence-electron chi connectivity index (χ4n) is 4.74. The molecule has 27 heavy (non-hydrogen) atoms. The molecule has 1 heterocycles. The lowest BCUT2D eigenvalue weighted by Gasteiger charge is -2.34. The Morgan fingerprint density at radius 3 is 2.56 bits per heavy atom. The van der Waals surface area contributed by atoms with Gasteiger partial charge in [0.1, 0.15) is 5.75 Å². The van der Waals surface area contributed by atoms with E-state index >= 15 is 0 Å². The number of ketones is 1. The largest absolute Gasteiger partial charge is 0.496 e. The van der Waals surface area contributed by atoms with Crippen LogP contribution in [0.1, 0.15) is 53.1 Å². The number of methoxy groups -OCH3 is 1. The molecule has 3 nitrogen and oxygen atoms in total. The Bertz CT molecular complexity index is 792. The number of aryl methyl sites for hydroxylation is 1. The maximum atomic E-state index is 12.8. The van der Waals surface area contributed by atoms with Crippen molar-refractivity contribution < 1.29 is 9.53 Å². The zero-order valence-corrected chi connectivity index (χ0v) is 16.2. The molecule has 2 aromatic carbocycles. The second-order valence-corrected chi connectivity index (χ2v) is 7.90. The van der Waals surface area contributed by atoms with Crippen LogP contribution in [-0.4, -0.2) is 37.4 Å². The predicted molar refractivity (Wildman–Crippen MR) is 109 cm³/mol. The molecule has 1 fully saturated rings. The van der Waals surface area contributed by atoms with E-state index in [9.17, 15) is 4.79 Å². The molecular formula is C24H29NO2. The number of likely N-dealkylation sites (tertiary alicyclic amines) is 1. The van der Waals surface area contributed by atoms with Gasteiger partial charge in [-0.25, -0.2) is 0 Å². The number of hydrogen-bond donors (Lipinski definition) is 0. The molecule has 1 atom stereocenters. The summed E-state index contributed by atoms with van der Waals surface area (Å²) in [6.07, 6.45) is 5.38. The fraction of sp³-hybridized carbons (Fsp3) is 0.458. The number of benzene rings is 2. The number of rotatable bonds is 5. The van der Waals surface area contributed by atoms with Gasteiger partial charge < -0.3 is 9.64 Å². The van der Waals surface area contributed by atoms with Crippen molar-refractivity contribution >= 4 is 5.78 Å². The topological polar surface area (TPSA) is 29.5 Å². The van der Waals surface area contributed by atoms with E-state index in [4.69, 9.17) is 4.74 Å². The van der Waals surface area contributed by atoms with Gasteiger partial charge in [0.2, 0.25) is 0 Å². The summed E-state index contributed by atoms with van der Waals surface area (Å²) in [5, 5.41) is 0. The van der Waals surface area contributed by atoms with Crippen molar-refractivity contribution in [2.75, 3.05) is 26.7 Å². The first-order valence-electron chi connectivity index (χ1n) is 10.2. The van der Waals surface area contributed by atoms with Gasteiger partial charge in [0.15, 0.2) is 5.78 Å². The second kappa shape index (κ2) is 8.26. The molecule has 0 amide bonds. The van der Waals surface area contributed by atoms with Crippen LogP contribution in [0.2, 0.25) is 0 Å². The quantitative estimate of drug-likeness (QED) is 0.770. The molecule has 1 saturated heterocycles. The van der Waals surface area contributed by atoms with Crippen LogP contribution in [0.25, 0.3) is 0 Å². The van der Waals surface area contributed by atoms with Crippen molar-refractivity contribution in [3.63, 3.8) is 0 Å². The van der Waals surface area contributed by atoms with E-state index in [1.54, 1.807) is 7.11 Å². The molecule has 1 unspecified atom stereocenters. The first-order valence-corrected chi connectivity index (χ1v) is 10.2. The lowest BCUT2D eigenvalue weighted by atomic mass is 9.81. The molecule has 142 valence electrons. The minimum absolute atomic E-state index is 0.201. The minimum Gasteiger partial charge on any atom is -0.496 e. The SMILES string of the molecule is COc1ccccc1C1CCN(CCC2CCc3ccccc3C2=O)CC1. The number of Topliss-reactive ketones (excluding diaryl/α,β-unsaturated/α-hetero) is 1. The monoisotopic (exact) mass is 363 g/mol. The third kappa shape index (κ3) is 3.93. The first kappa shape index (κ1) is 18.2. The molecule has 0 radical (unpaired) electrons. The van der Waals surface area contributed by atoms with Gasteiger partial charge >= 0.3 is 0 Å². The van der Waals surface area contributed by atoms with Gasteiger partial charge in [0.25, 0.3) is 0 Å². The summed E-state index contributed by atoms with van der Waals surface area (Å²) in [4.78, 5) is 15.3. The van der Waals surface area contributed by atoms with E-state index in [0.717, 1.165) is 50.2 Å². The Morgan fingerprint density at radius 2 is 1.74 bits per heavy atom. The number of carbonyl (C=O) groups excluding carboxylic acids is 1. The van der Waals surface area contributed by atoms with Crippen LogP contribution in [0, 0.1) is 5.92 Å². The van der Waals surface area contributed by atoms with E-state index in [2.05, 4.69) is 29.2 Å². The maximum absolute atomic E-state index is 12.8. The summed E-state index contributed by atoms with van der Waals surface area (Å²) in [5.74, 6) is 2.16. The van der Waals surface area contributed by atoms with Crippen molar-refractivity contribution in [3.8, 4) is 5.75 Å². The predicted octanol–water partition coefficient (Wildman–Crippen LogP) is 4.71. The highest BCUT2D eigenvalue weighted by Gasteiger charge is 2.28. The highest BCUT2D eigenvalue weighted by molar-refractivity contribution is 6.00. The van der Waals surface area contributed by atoms with Crippen LogP contribution in [0.15, 0.2) is 48.5 Å². The number of piperidine rings is 1. The zero-order valence-electron chi connectivity index (χ0n) is 16.2. The highest BCUT2D eigenvalue weighted by atomic mass is 16.5. The molecular weight excluding hydrogens is 334 g/mol. The Balaban J connectivity index is 1.30. The van der Waals surface area contributed by atoms with Crippen molar-refractivity contribution in [2.24, 2.45) is 5.92 Å². The van der Waals surface area contributed by atoms with Crippen LogP contribution in [0.5, 0.6) is 5.75 Å². The molecule has 4 rings (SSSR count). The number of ether oxygens (including phenoxy) is 1. The van der Waals surface area contributed by atoms with Gasteiger partial charge in [-0.15, -0.1) is 0 Å². The molecule has 0 bridgehead atoms. The molecule has 1 aliphatic carbocycles. The van der Waals surface area contributed by atoms with Crippen molar-refractivity contribution in [1.29, 1.82) is 0 Å². The number of carbonyl (C=O) groups is 1. The van der Waals surface area contributed by atoms with E-state index < -0.39 is 0 Å². The smallest absolute Gasteiger partial charge is 0.166 e. The second-order valence-electron chi connectivity index (χ2n) is 7.90. The van der Waals surface area contributed by atoms with Gasteiger partial charge in [-0.05, 0) is 74.8 Å². The molecule has 3 heteroatoms. The van der Waals surface area contributed by atoms with E-state index in [0.29, 0.717) is 11.7 Å². The van der Waals surface area contributed by atoms with Crippen LogP contribution in [0.3, 0.4) is 0 Å². The molecule has 2 aromatic rings. The molecule has 0 N–H and O–H groups in total. The Labute approximate surface area is 162 Å². The third-order valence-electron chi connectivity index (χ3n) is 6.38. The fourth-order valence-corrected chi connectivity index (χ4v) is 4.74. The molecule has 2 aliphatic rings. The van der Waals surface area contributed by atoms with Crippen LogP contribution < -0.4 is 4.74 Å². The Morgan fingerprint density at radius 1 is 1.00 bits per heavy atom. The Hall–Kier alpha value is -2.13. The van der Waals surface area contributed by atoms with Crippen molar-refractivity contribution in [2.45, 2.75) is 38.0 Å². The maximum Gasteiger partial charge on any atom is 0.166 e. The average molecular weight is 364 g/mol. The molecule has 0 aromatic heterocycles. The summed E-state index contributed by atoms with van der Waals surface area (Å²) >= 11 is 0. The normalized spacial score (nSPS) is 21.1. The summed E-state index contributed by atoms with van der Waals surface area (Å²) in [6, 6.07) is 16.5. The third-order valence-corrected chi connectivity index (χ3v) is 6.38. The number of hydrogen-bond acceptors (Lipinski definition) is 3. The van der Waals surface area contributed by atoms with Gasteiger partial charge in [-0.3, -0.25) is 4.79 Å². The minimum atomic E-state index is 0.201. The van der Waals surface area contributed by atoms with Gasteiger partial charge in [-0.1, -0.05) is 42.5 Å². The average Bonchev–Trinajstić information content (AvgIpc) is 2.74. The first-order chi connectivity index (χ1) is 13.3. The lowest BCUT2D eigenvalue weighted by molar-refractivity contribution is 0.0877. The van der Waals surface area contributed by atoms with Crippen LogP contribution in [0.4, 0.5) is 0 Å². The lowest BCUT2D eigenvalue weighted by Crippen LogP contribution is -2.35. The number of para-hydroxylation sites is 1. The number of nitrogens with zero attached hydrogens (tertiary/aromatic N) is 1. The van der Waals surface area contributed by atoms with Crippen LogP contribution in [-0.2, 0) is 6.42 Å². The molecule has 0 saturated carbocycles. The summed E-state index contributed by atoms with van der Waals surface area (Å²) in [6.45, 7) is 3.26. The van der Waals surface area contributed by atoms with Gasteiger partial charge in [0.05, 0.1) is 7.11 Å². The standard InChI is InChI=1S/C24H29NO2/c1-27-23-9-5-4-7-21(23)19-12-15-25(16-13-19)17-14-20-11-10-18-6-2-3-8-22(18)24(20)26/h2-9,19-20H,10-17H2,1H3. The molecule has 0 spiro atoms. The van der Waals surface area contributed by atoms with Crippen molar-refractivity contribution in [1.82, 2.24) is 4.90 Å². The summed E-state index contributed by atoms with van der Waals surface area (Å²) in [7, 11) is 1.76. The highest BCUT2D eigenvalue weighted by Crippen LogP contribution is 2.34. The van der Waals surface area contributed by atoms with Gasteiger partial charge in [0, 0.05) is 11.5 Å². The zero-order chi connectivity index (χ0) is 18.6. The van der Waals surface area contributed by atoms with Crippen molar-refractivity contribution in [3.05, 3.63) is 65.2 Å². The number of fused-ring (bicyclic) bond motifs is 1. The summed E-state index contributed by atoms with van der Waals surface area (Å²) in [5.41, 5.74) is 3.54. The van der Waals surface area contributed by atoms with Crippen LogP contribution >= 0.6 is 0 Å². The Kier molecular flexibility index (Phi) is 5.58. The van der Waals surface area contributed by atoms with E-state index in [1.807, 2.05) is 24.3 Å².